The molecule has 4 rings (SSSR count). The predicted octanol–water partition coefficient (Wildman–Crippen LogP) is 3.80. The minimum absolute atomic E-state index is 0.00556. The van der Waals surface area contributed by atoms with Crippen LogP contribution < -0.4 is 5.32 Å². The average Bonchev–Trinajstić information content (AvgIpc) is 3.09. The molecule has 0 spiro atoms. The number of halogens is 1. The highest BCUT2D eigenvalue weighted by molar-refractivity contribution is 7.18. The van der Waals surface area contributed by atoms with Crippen molar-refractivity contribution in [3.05, 3.63) is 31.9 Å². The number of carbonyl (C=O) groups is 2. The summed E-state index contributed by atoms with van der Waals surface area (Å²) in [5.74, 6) is 0.229. The molecule has 0 atom stereocenters. The Balaban J connectivity index is 1.45. The number of hydrogen-bond donors (Lipinski definition) is 1. The third-order valence-electron chi connectivity index (χ3n) is 4.51. The summed E-state index contributed by atoms with van der Waals surface area (Å²) < 4.78 is 0.620. The highest BCUT2D eigenvalue weighted by Crippen LogP contribution is 2.32. The van der Waals surface area contributed by atoms with Gasteiger partial charge in [-0.25, -0.2) is 4.98 Å². The first-order valence-corrected chi connectivity index (χ1v) is 9.95. The summed E-state index contributed by atoms with van der Waals surface area (Å²) in [5, 5.41) is 3.59. The van der Waals surface area contributed by atoms with E-state index in [9.17, 15) is 9.59 Å². The van der Waals surface area contributed by atoms with Crippen molar-refractivity contribution in [1.82, 2.24) is 9.88 Å². The van der Waals surface area contributed by atoms with E-state index in [1.165, 1.54) is 22.7 Å². The Morgan fingerprint density at radius 1 is 1.29 bits per heavy atom. The quantitative estimate of drug-likeness (QED) is 0.879. The van der Waals surface area contributed by atoms with Crippen molar-refractivity contribution < 1.29 is 9.59 Å². The third-order valence-corrected chi connectivity index (χ3v) is 6.73. The van der Waals surface area contributed by atoms with Crippen LogP contribution in [0.1, 0.15) is 39.5 Å². The number of nitrogens with one attached hydrogen (secondary N) is 1. The number of fused-ring (bicyclic) bond motifs is 1. The van der Waals surface area contributed by atoms with Gasteiger partial charge in [0.1, 0.15) is 0 Å². The van der Waals surface area contributed by atoms with Crippen LogP contribution >= 0.6 is 34.3 Å². The van der Waals surface area contributed by atoms with E-state index in [0.29, 0.717) is 27.4 Å². The molecule has 1 aliphatic carbocycles. The summed E-state index contributed by atoms with van der Waals surface area (Å²) in [7, 11) is 0. The summed E-state index contributed by atoms with van der Waals surface area (Å²) >= 11 is 8.70. The molecule has 0 unspecified atom stereocenters. The van der Waals surface area contributed by atoms with Crippen molar-refractivity contribution >= 4 is 51.2 Å². The first kappa shape index (κ1) is 16.1. The fourth-order valence-corrected chi connectivity index (χ4v) is 4.92. The monoisotopic (exact) mass is 381 g/mol. The number of nitrogens with zero attached hydrogens (tertiary/aromatic N) is 2. The molecule has 2 amide bonds. The molecule has 0 radical (unpaired) electrons. The lowest BCUT2D eigenvalue weighted by molar-refractivity contribution is -0.122. The normalized spacial score (nSPS) is 17.3. The third kappa shape index (κ3) is 3.08. The average molecular weight is 382 g/mol. The van der Waals surface area contributed by atoms with Crippen LogP contribution in [0.25, 0.3) is 0 Å². The van der Waals surface area contributed by atoms with Crippen LogP contribution in [-0.2, 0) is 17.8 Å². The molecule has 1 saturated carbocycles. The van der Waals surface area contributed by atoms with E-state index in [-0.39, 0.29) is 17.7 Å². The maximum atomic E-state index is 12.5. The van der Waals surface area contributed by atoms with Gasteiger partial charge < -0.3 is 10.2 Å². The molecule has 0 bridgehead atoms. The Labute approximate surface area is 152 Å². The molecule has 0 saturated heterocycles. The highest BCUT2D eigenvalue weighted by atomic mass is 35.5. The smallest absolute Gasteiger partial charge is 0.264 e. The first-order chi connectivity index (χ1) is 11.6. The topological polar surface area (TPSA) is 62.3 Å². The summed E-state index contributed by atoms with van der Waals surface area (Å²) in [5.41, 5.74) is 0.997. The summed E-state index contributed by atoms with van der Waals surface area (Å²) in [6.45, 7) is 1.18. The Morgan fingerprint density at radius 3 is 2.79 bits per heavy atom. The molecule has 5 nitrogen and oxygen atoms in total. The fourth-order valence-electron chi connectivity index (χ4n) is 2.89. The molecule has 1 fully saturated rings. The summed E-state index contributed by atoms with van der Waals surface area (Å²) in [4.78, 5) is 32.7. The van der Waals surface area contributed by atoms with Gasteiger partial charge in [0.15, 0.2) is 5.13 Å². The molecule has 2 aliphatic rings. The van der Waals surface area contributed by atoms with Gasteiger partial charge >= 0.3 is 0 Å². The Morgan fingerprint density at radius 2 is 2.12 bits per heavy atom. The Bertz CT molecular complexity index is 797. The molecule has 24 heavy (non-hydrogen) atoms. The van der Waals surface area contributed by atoms with Gasteiger partial charge in [0.2, 0.25) is 5.91 Å². The van der Waals surface area contributed by atoms with Crippen molar-refractivity contribution in [2.75, 3.05) is 11.9 Å². The second-order valence-electron chi connectivity index (χ2n) is 6.09. The Hall–Kier alpha value is -1.44. The molecule has 126 valence electrons. The lowest BCUT2D eigenvalue weighted by Gasteiger charge is -2.25. The van der Waals surface area contributed by atoms with Gasteiger partial charge in [-0.3, -0.25) is 9.59 Å². The molecule has 1 N–H and O–H groups in total. The predicted molar refractivity (Wildman–Crippen MR) is 95.9 cm³/mol. The van der Waals surface area contributed by atoms with Gasteiger partial charge in [-0.05, 0) is 25.0 Å². The largest absolute Gasteiger partial charge is 0.332 e. The maximum Gasteiger partial charge on any atom is 0.264 e. The van der Waals surface area contributed by atoms with Gasteiger partial charge in [0, 0.05) is 23.8 Å². The number of anilines is 1. The molecule has 2 aromatic heterocycles. The number of thiophene rings is 1. The van der Waals surface area contributed by atoms with Gasteiger partial charge in [-0.15, -0.1) is 11.3 Å². The lowest BCUT2D eigenvalue weighted by atomic mass is 9.85. The van der Waals surface area contributed by atoms with Crippen LogP contribution in [0.5, 0.6) is 0 Å². The minimum atomic E-state index is 0.00556. The van der Waals surface area contributed by atoms with Crippen molar-refractivity contribution in [2.24, 2.45) is 5.92 Å². The van der Waals surface area contributed by atoms with Crippen LogP contribution in [0.2, 0.25) is 4.34 Å². The molecule has 8 heteroatoms. The number of aromatic nitrogens is 1. The van der Waals surface area contributed by atoms with Crippen LogP contribution in [0.15, 0.2) is 12.1 Å². The van der Waals surface area contributed by atoms with E-state index in [1.54, 1.807) is 12.1 Å². The van der Waals surface area contributed by atoms with Gasteiger partial charge in [0.25, 0.3) is 5.91 Å². The highest BCUT2D eigenvalue weighted by Gasteiger charge is 2.28. The number of hydrogen-bond acceptors (Lipinski definition) is 5. The van der Waals surface area contributed by atoms with Crippen molar-refractivity contribution in [3.8, 4) is 0 Å². The van der Waals surface area contributed by atoms with E-state index in [1.807, 2.05) is 4.90 Å². The first-order valence-electron chi connectivity index (χ1n) is 7.94. The second kappa shape index (κ2) is 6.46. The zero-order chi connectivity index (χ0) is 16.7. The SMILES string of the molecule is O=C(Nc1nc2c(s1)CN(C(=O)c1ccc(Cl)s1)CC2)C1CCC1. The fraction of sp³-hybridized carbons (Fsp3) is 0.438. The standard InChI is InChI=1S/C16H16ClN3O2S2/c17-13-5-4-11(23-13)15(22)20-7-6-10-12(8-20)24-16(18-10)19-14(21)9-2-1-3-9/h4-5,9H,1-3,6-8H2,(H,18,19,21). The molecule has 1 aliphatic heterocycles. The maximum absolute atomic E-state index is 12.5. The minimum Gasteiger partial charge on any atom is -0.332 e. The van der Waals surface area contributed by atoms with Crippen molar-refractivity contribution in [1.29, 1.82) is 0 Å². The van der Waals surface area contributed by atoms with Gasteiger partial charge in [-0.2, -0.15) is 0 Å². The van der Waals surface area contributed by atoms with Crippen LogP contribution in [0.4, 0.5) is 5.13 Å². The molecule has 3 heterocycles. The van der Waals surface area contributed by atoms with Gasteiger partial charge in [-0.1, -0.05) is 29.4 Å². The summed E-state index contributed by atoms with van der Waals surface area (Å²) in [6, 6.07) is 3.51. The van der Waals surface area contributed by atoms with Gasteiger partial charge in [0.05, 0.1) is 21.5 Å². The van der Waals surface area contributed by atoms with Crippen LogP contribution in [-0.4, -0.2) is 28.2 Å². The summed E-state index contributed by atoms with van der Waals surface area (Å²) in [6.07, 6.45) is 3.80. The van der Waals surface area contributed by atoms with E-state index in [0.717, 1.165) is 36.3 Å². The number of carbonyl (C=O) groups excluding carboxylic acids is 2. The molecule has 2 aromatic rings. The van der Waals surface area contributed by atoms with E-state index in [2.05, 4.69) is 10.3 Å². The van der Waals surface area contributed by atoms with E-state index in [4.69, 9.17) is 11.6 Å². The van der Waals surface area contributed by atoms with Crippen LogP contribution in [0, 0.1) is 5.92 Å². The van der Waals surface area contributed by atoms with E-state index < -0.39 is 0 Å². The Kier molecular flexibility index (Phi) is 4.32. The lowest BCUT2D eigenvalue weighted by Crippen LogP contribution is -2.35. The zero-order valence-electron chi connectivity index (χ0n) is 12.9. The van der Waals surface area contributed by atoms with Crippen molar-refractivity contribution in [3.63, 3.8) is 0 Å². The molecule has 0 aromatic carbocycles. The number of amides is 2. The zero-order valence-corrected chi connectivity index (χ0v) is 15.3. The van der Waals surface area contributed by atoms with Crippen LogP contribution in [0.3, 0.4) is 0 Å². The molecular weight excluding hydrogens is 366 g/mol. The second-order valence-corrected chi connectivity index (χ2v) is 8.89. The number of thiazole rings is 1. The van der Waals surface area contributed by atoms with Crippen molar-refractivity contribution in [2.45, 2.75) is 32.2 Å². The van der Waals surface area contributed by atoms with E-state index >= 15 is 0 Å². The molecular formula is C16H16ClN3O2S2. The number of rotatable bonds is 3.